The Morgan fingerprint density at radius 1 is 1.35 bits per heavy atom. The Kier molecular flexibility index (Phi) is 5.63. The van der Waals surface area contributed by atoms with Gasteiger partial charge < -0.3 is 10.0 Å². The topological polar surface area (TPSA) is 40.5 Å². The highest BCUT2D eigenvalue weighted by Gasteiger charge is 2.04. The van der Waals surface area contributed by atoms with Crippen molar-refractivity contribution in [3.8, 4) is 0 Å². The van der Waals surface area contributed by atoms with Crippen LogP contribution in [0.5, 0.6) is 0 Å². The van der Waals surface area contributed by atoms with Gasteiger partial charge in [0.25, 0.3) is 0 Å². The number of carboxylic acid groups (broad SMARTS) is 1. The molecule has 1 rings (SSSR count). The molecule has 1 aromatic rings. The van der Waals surface area contributed by atoms with E-state index in [1.54, 1.807) is 12.1 Å². The van der Waals surface area contributed by atoms with E-state index in [-0.39, 0.29) is 12.2 Å². The van der Waals surface area contributed by atoms with Crippen molar-refractivity contribution in [1.29, 1.82) is 0 Å². The van der Waals surface area contributed by atoms with Crippen LogP contribution in [0.15, 0.2) is 24.3 Å². The lowest BCUT2D eigenvalue weighted by Crippen LogP contribution is -2.23. The van der Waals surface area contributed by atoms with Crippen molar-refractivity contribution >= 4 is 5.97 Å². The maximum Gasteiger partial charge on any atom is 0.303 e. The molecule has 0 heterocycles. The minimum atomic E-state index is -0.771. The van der Waals surface area contributed by atoms with E-state index in [9.17, 15) is 9.18 Å². The lowest BCUT2D eigenvalue weighted by molar-refractivity contribution is -0.137. The highest BCUT2D eigenvalue weighted by atomic mass is 19.1. The smallest absolute Gasteiger partial charge is 0.303 e. The van der Waals surface area contributed by atoms with Crippen LogP contribution in [0.1, 0.15) is 18.4 Å². The van der Waals surface area contributed by atoms with Crippen LogP contribution in [0, 0.1) is 5.82 Å². The number of hydrogen-bond acceptors (Lipinski definition) is 2. The Labute approximate surface area is 101 Å². The summed E-state index contributed by atoms with van der Waals surface area (Å²) >= 11 is 0. The average Bonchev–Trinajstić information content (AvgIpc) is 2.27. The van der Waals surface area contributed by atoms with Crippen LogP contribution in [0.4, 0.5) is 4.39 Å². The second kappa shape index (κ2) is 7.01. The molecule has 0 saturated heterocycles. The molecular formula is C13H18FNO2. The zero-order valence-corrected chi connectivity index (χ0v) is 10.0. The van der Waals surface area contributed by atoms with Crippen LogP contribution in [-0.2, 0) is 11.2 Å². The van der Waals surface area contributed by atoms with Crippen LogP contribution in [0.2, 0.25) is 0 Å². The summed E-state index contributed by atoms with van der Waals surface area (Å²) in [7, 11) is 1.92. The molecule has 0 unspecified atom stereocenters. The van der Waals surface area contributed by atoms with Gasteiger partial charge in [0.05, 0.1) is 0 Å². The van der Waals surface area contributed by atoms with E-state index in [4.69, 9.17) is 5.11 Å². The largest absolute Gasteiger partial charge is 0.481 e. The van der Waals surface area contributed by atoms with Gasteiger partial charge in [-0.25, -0.2) is 4.39 Å². The Bertz CT molecular complexity index is 368. The maximum absolute atomic E-state index is 13.3. The van der Waals surface area contributed by atoms with Crippen LogP contribution in [0.3, 0.4) is 0 Å². The van der Waals surface area contributed by atoms with E-state index in [0.29, 0.717) is 18.4 Å². The quantitative estimate of drug-likeness (QED) is 0.792. The molecular weight excluding hydrogens is 221 g/mol. The molecule has 3 nitrogen and oxygen atoms in total. The Morgan fingerprint density at radius 3 is 2.71 bits per heavy atom. The van der Waals surface area contributed by atoms with E-state index in [0.717, 1.165) is 13.1 Å². The van der Waals surface area contributed by atoms with Gasteiger partial charge >= 0.3 is 5.97 Å². The molecule has 0 aromatic heterocycles. The van der Waals surface area contributed by atoms with Crippen LogP contribution < -0.4 is 0 Å². The van der Waals surface area contributed by atoms with Crippen LogP contribution in [0.25, 0.3) is 0 Å². The molecule has 17 heavy (non-hydrogen) atoms. The summed E-state index contributed by atoms with van der Waals surface area (Å²) < 4.78 is 13.3. The zero-order valence-electron chi connectivity index (χ0n) is 10.0. The lowest BCUT2D eigenvalue weighted by atomic mass is 10.1. The first-order valence-electron chi connectivity index (χ1n) is 5.73. The minimum Gasteiger partial charge on any atom is -0.481 e. The number of aliphatic carboxylic acids is 1. The molecule has 1 aromatic carbocycles. The first kappa shape index (κ1) is 13.6. The Morgan fingerprint density at radius 2 is 2.06 bits per heavy atom. The van der Waals surface area contributed by atoms with Crippen molar-refractivity contribution in [2.24, 2.45) is 0 Å². The number of hydrogen-bond donors (Lipinski definition) is 1. The first-order valence-corrected chi connectivity index (χ1v) is 5.73. The van der Waals surface area contributed by atoms with Crippen molar-refractivity contribution in [1.82, 2.24) is 4.90 Å². The standard InChI is InChI=1S/C13H18FNO2/c1-15(9-4-7-13(16)17)10-8-11-5-2-3-6-12(11)14/h2-3,5-6H,4,7-10H2,1H3,(H,16,17). The predicted octanol–water partition coefficient (Wildman–Crippen LogP) is 2.16. The normalized spacial score (nSPS) is 10.8. The van der Waals surface area contributed by atoms with Gasteiger partial charge in [0.1, 0.15) is 5.82 Å². The molecule has 0 amide bonds. The van der Waals surface area contributed by atoms with E-state index >= 15 is 0 Å². The highest BCUT2D eigenvalue weighted by molar-refractivity contribution is 5.66. The summed E-state index contributed by atoms with van der Waals surface area (Å²) in [4.78, 5) is 12.4. The molecule has 1 N–H and O–H groups in total. The van der Waals surface area contributed by atoms with E-state index in [1.165, 1.54) is 6.07 Å². The zero-order chi connectivity index (χ0) is 12.7. The van der Waals surface area contributed by atoms with Crippen molar-refractivity contribution in [2.75, 3.05) is 20.1 Å². The number of likely N-dealkylation sites (N-methyl/N-ethyl adjacent to an activating group) is 1. The number of halogens is 1. The number of carboxylic acids is 1. The summed E-state index contributed by atoms with van der Waals surface area (Å²) in [5, 5.41) is 8.50. The molecule has 0 saturated carbocycles. The van der Waals surface area contributed by atoms with Crippen LogP contribution >= 0.6 is 0 Å². The molecule has 0 spiro atoms. The van der Waals surface area contributed by atoms with Crippen molar-refractivity contribution in [3.05, 3.63) is 35.6 Å². The first-order chi connectivity index (χ1) is 8.09. The number of nitrogens with zero attached hydrogens (tertiary/aromatic N) is 1. The third kappa shape index (κ3) is 5.45. The number of benzene rings is 1. The van der Waals surface area contributed by atoms with E-state index in [1.807, 2.05) is 18.0 Å². The molecule has 0 atom stereocenters. The molecule has 4 heteroatoms. The molecule has 0 aliphatic rings. The fourth-order valence-electron chi connectivity index (χ4n) is 1.62. The van der Waals surface area contributed by atoms with Crippen molar-refractivity contribution in [3.63, 3.8) is 0 Å². The van der Waals surface area contributed by atoms with E-state index < -0.39 is 5.97 Å². The summed E-state index contributed by atoms with van der Waals surface area (Å²) in [5.74, 6) is -0.945. The van der Waals surface area contributed by atoms with E-state index in [2.05, 4.69) is 0 Å². The second-order valence-corrected chi connectivity index (χ2v) is 4.14. The summed E-state index contributed by atoms with van der Waals surface area (Å²) in [5.41, 5.74) is 0.706. The second-order valence-electron chi connectivity index (χ2n) is 4.14. The Hall–Kier alpha value is -1.42. The predicted molar refractivity (Wildman–Crippen MR) is 64.5 cm³/mol. The third-order valence-corrected chi connectivity index (χ3v) is 2.65. The third-order valence-electron chi connectivity index (χ3n) is 2.65. The van der Waals surface area contributed by atoms with Crippen molar-refractivity contribution < 1.29 is 14.3 Å². The highest BCUT2D eigenvalue weighted by Crippen LogP contribution is 2.07. The van der Waals surface area contributed by atoms with Gasteiger partial charge in [-0.3, -0.25) is 4.79 Å². The summed E-state index contributed by atoms with van der Waals surface area (Å²) in [6, 6.07) is 6.73. The molecule has 0 radical (unpaired) electrons. The van der Waals surface area contributed by atoms with Gasteiger partial charge in [-0.15, -0.1) is 0 Å². The SMILES string of the molecule is CN(CCCC(=O)O)CCc1ccccc1F. The lowest BCUT2D eigenvalue weighted by Gasteiger charge is -2.15. The number of carbonyl (C=O) groups is 1. The minimum absolute atomic E-state index is 0.175. The molecule has 0 aliphatic heterocycles. The monoisotopic (exact) mass is 239 g/mol. The van der Waals surface area contributed by atoms with Gasteiger partial charge in [-0.1, -0.05) is 18.2 Å². The van der Waals surface area contributed by atoms with Gasteiger partial charge in [0, 0.05) is 13.0 Å². The number of rotatable bonds is 7. The fourth-order valence-corrected chi connectivity index (χ4v) is 1.62. The Balaban J connectivity index is 2.26. The van der Waals surface area contributed by atoms with Gasteiger partial charge in [-0.05, 0) is 38.1 Å². The molecule has 0 bridgehead atoms. The summed E-state index contributed by atoms with van der Waals surface area (Å²) in [6.07, 6.45) is 1.46. The summed E-state index contributed by atoms with van der Waals surface area (Å²) in [6.45, 7) is 1.46. The fraction of sp³-hybridized carbons (Fsp3) is 0.462. The average molecular weight is 239 g/mol. The van der Waals surface area contributed by atoms with Gasteiger partial charge in [0.15, 0.2) is 0 Å². The maximum atomic E-state index is 13.3. The molecule has 94 valence electrons. The van der Waals surface area contributed by atoms with Crippen LogP contribution in [-0.4, -0.2) is 36.1 Å². The van der Waals surface area contributed by atoms with Gasteiger partial charge in [-0.2, -0.15) is 0 Å². The molecule has 0 aliphatic carbocycles. The molecule has 0 fully saturated rings. The van der Waals surface area contributed by atoms with Gasteiger partial charge in [0.2, 0.25) is 0 Å². The van der Waals surface area contributed by atoms with Crippen molar-refractivity contribution in [2.45, 2.75) is 19.3 Å².